The molecule has 0 aliphatic carbocycles. The van der Waals surface area contributed by atoms with Gasteiger partial charge in [-0.2, -0.15) is 0 Å². The van der Waals surface area contributed by atoms with Gasteiger partial charge in [-0.05, 0) is 18.2 Å². The van der Waals surface area contributed by atoms with Gasteiger partial charge in [0.2, 0.25) is 5.89 Å². The average molecular weight is 217 g/mol. The Balaban J connectivity index is 2.38. The highest BCUT2D eigenvalue weighted by Crippen LogP contribution is 2.23. The monoisotopic (exact) mass is 217 g/mol. The lowest BCUT2D eigenvalue weighted by Gasteiger charge is -2.00. The van der Waals surface area contributed by atoms with Crippen molar-refractivity contribution in [2.24, 2.45) is 0 Å². The fourth-order valence-electron chi connectivity index (χ4n) is 1.32. The minimum Gasteiger partial charge on any atom is -0.497 e. The highest BCUT2D eigenvalue weighted by atomic mass is 16.5. The molecule has 16 heavy (non-hydrogen) atoms. The first-order chi connectivity index (χ1) is 7.70. The zero-order valence-electron chi connectivity index (χ0n) is 9.06. The molecule has 2 aromatic rings. The van der Waals surface area contributed by atoms with Crippen molar-refractivity contribution in [2.75, 3.05) is 7.11 Å². The number of hydrogen-bond acceptors (Lipinski definition) is 4. The number of benzene rings is 1. The molecule has 1 heterocycles. The van der Waals surface area contributed by atoms with E-state index in [1.54, 1.807) is 13.2 Å². The molecule has 82 valence electrons. The molecule has 0 amide bonds. The van der Waals surface area contributed by atoms with E-state index in [0.717, 1.165) is 11.3 Å². The standard InChI is InChI=1S/C12H11NO3/c1-8(14)11-7-16-12(13-11)9-4-3-5-10(6-9)15-2/h3-7H,1-2H3. The molecule has 1 aromatic carbocycles. The van der Waals surface area contributed by atoms with Crippen LogP contribution in [-0.4, -0.2) is 17.9 Å². The molecule has 0 saturated heterocycles. The molecule has 0 bridgehead atoms. The van der Waals surface area contributed by atoms with Gasteiger partial charge in [-0.25, -0.2) is 4.98 Å². The lowest BCUT2D eigenvalue weighted by atomic mass is 10.2. The second-order valence-corrected chi connectivity index (χ2v) is 3.33. The molecule has 0 aliphatic rings. The number of ether oxygens (including phenoxy) is 1. The highest BCUT2D eigenvalue weighted by molar-refractivity contribution is 5.92. The van der Waals surface area contributed by atoms with E-state index in [4.69, 9.17) is 9.15 Å². The zero-order valence-corrected chi connectivity index (χ0v) is 9.06. The third kappa shape index (κ3) is 1.95. The van der Waals surface area contributed by atoms with Crippen molar-refractivity contribution in [3.05, 3.63) is 36.2 Å². The molecule has 4 heteroatoms. The van der Waals surface area contributed by atoms with E-state index in [2.05, 4.69) is 4.98 Å². The van der Waals surface area contributed by atoms with Crippen LogP contribution in [0.15, 0.2) is 34.9 Å². The molecule has 2 rings (SSSR count). The van der Waals surface area contributed by atoms with Crippen LogP contribution in [0.2, 0.25) is 0 Å². The predicted octanol–water partition coefficient (Wildman–Crippen LogP) is 2.55. The number of aromatic nitrogens is 1. The number of Topliss-reactive ketones (excluding diaryl/α,β-unsaturated/α-hetero) is 1. The molecule has 0 atom stereocenters. The summed E-state index contributed by atoms with van der Waals surface area (Å²) in [6, 6.07) is 7.32. The lowest BCUT2D eigenvalue weighted by Crippen LogP contribution is -1.91. The normalized spacial score (nSPS) is 10.1. The molecule has 4 nitrogen and oxygen atoms in total. The molecular formula is C12H11NO3. The number of hydrogen-bond donors (Lipinski definition) is 0. The van der Waals surface area contributed by atoms with Gasteiger partial charge in [-0.15, -0.1) is 0 Å². The summed E-state index contributed by atoms with van der Waals surface area (Å²) in [6.45, 7) is 1.45. The number of ketones is 1. The van der Waals surface area contributed by atoms with Gasteiger partial charge in [0.25, 0.3) is 0 Å². The van der Waals surface area contributed by atoms with Gasteiger partial charge < -0.3 is 9.15 Å². The number of nitrogens with zero attached hydrogens (tertiary/aromatic N) is 1. The number of carbonyl (C=O) groups excluding carboxylic acids is 1. The summed E-state index contributed by atoms with van der Waals surface area (Å²) in [6.07, 6.45) is 1.36. The molecular weight excluding hydrogens is 206 g/mol. The molecule has 0 fully saturated rings. The Labute approximate surface area is 92.9 Å². The summed E-state index contributed by atoms with van der Waals surface area (Å²) >= 11 is 0. The van der Waals surface area contributed by atoms with Gasteiger partial charge in [0.1, 0.15) is 17.7 Å². The SMILES string of the molecule is COc1cccc(-c2nc(C(C)=O)co2)c1. The van der Waals surface area contributed by atoms with Crippen LogP contribution >= 0.6 is 0 Å². The Morgan fingerprint density at radius 1 is 1.44 bits per heavy atom. The first-order valence-corrected chi connectivity index (χ1v) is 4.81. The van der Waals surface area contributed by atoms with Gasteiger partial charge in [0, 0.05) is 12.5 Å². The summed E-state index contributed by atoms with van der Waals surface area (Å²) in [5, 5.41) is 0. The summed E-state index contributed by atoms with van der Waals surface area (Å²) in [7, 11) is 1.59. The largest absolute Gasteiger partial charge is 0.497 e. The van der Waals surface area contributed by atoms with Crippen LogP contribution in [0, 0.1) is 0 Å². The van der Waals surface area contributed by atoms with Crippen LogP contribution in [0.1, 0.15) is 17.4 Å². The molecule has 0 radical (unpaired) electrons. The molecule has 0 N–H and O–H groups in total. The topological polar surface area (TPSA) is 52.3 Å². The molecule has 0 aliphatic heterocycles. The van der Waals surface area contributed by atoms with E-state index >= 15 is 0 Å². The Hall–Kier alpha value is -2.10. The van der Waals surface area contributed by atoms with Crippen molar-refractivity contribution in [1.29, 1.82) is 0 Å². The van der Waals surface area contributed by atoms with Crippen LogP contribution in [0.4, 0.5) is 0 Å². The summed E-state index contributed by atoms with van der Waals surface area (Å²) < 4.78 is 10.3. The van der Waals surface area contributed by atoms with Crippen molar-refractivity contribution >= 4 is 5.78 Å². The van der Waals surface area contributed by atoms with E-state index < -0.39 is 0 Å². The number of carbonyl (C=O) groups is 1. The maximum atomic E-state index is 11.1. The van der Waals surface area contributed by atoms with Crippen molar-refractivity contribution in [3.63, 3.8) is 0 Å². The van der Waals surface area contributed by atoms with Gasteiger partial charge in [-0.1, -0.05) is 6.07 Å². The second kappa shape index (κ2) is 4.18. The maximum Gasteiger partial charge on any atom is 0.226 e. The van der Waals surface area contributed by atoms with Crippen molar-refractivity contribution < 1.29 is 13.9 Å². The third-order valence-corrected chi connectivity index (χ3v) is 2.18. The number of rotatable bonds is 3. The average Bonchev–Trinajstić information content (AvgIpc) is 2.78. The van der Waals surface area contributed by atoms with E-state index in [0.29, 0.717) is 11.6 Å². The van der Waals surface area contributed by atoms with Crippen molar-refractivity contribution in [2.45, 2.75) is 6.92 Å². The van der Waals surface area contributed by atoms with E-state index in [1.807, 2.05) is 18.2 Å². The van der Waals surface area contributed by atoms with Gasteiger partial charge >= 0.3 is 0 Å². The van der Waals surface area contributed by atoms with Crippen LogP contribution < -0.4 is 4.74 Å². The fourth-order valence-corrected chi connectivity index (χ4v) is 1.32. The first kappa shape index (κ1) is 10.4. The smallest absolute Gasteiger partial charge is 0.226 e. The quantitative estimate of drug-likeness (QED) is 0.741. The Kier molecular flexibility index (Phi) is 2.72. The first-order valence-electron chi connectivity index (χ1n) is 4.81. The van der Waals surface area contributed by atoms with Gasteiger partial charge in [0.05, 0.1) is 7.11 Å². The summed E-state index contributed by atoms with van der Waals surface area (Å²) in [5.41, 5.74) is 1.12. The Morgan fingerprint density at radius 3 is 2.88 bits per heavy atom. The van der Waals surface area contributed by atoms with Crippen LogP contribution in [0.25, 0.3) is 11.5 Å². The molecule has 0 unspecified atom stereocenters. The number of methoxy groups -OCH3 is 1. The number of oxazole rings is 1. The molecule has 1 aromatic heterocycles. The lowest BCUT2D eigenvalue weighted by molar-refractivity contribution is 0.101. The minimum atomic E-state index is -0.113. The van der Waals surface area contributed by atoms with Crippen molar-refractivity contribution in [3.8, 4) is 17.2 Å². The zero-order chi connectivity index (χ0) is 11.5. The van der Waals surface area contributed by atoms with Crippen LogP contribution in [0.5, 0.6) is 5.75 Å². The Morgan fingerprint density at radius 2 is 2.25 bits per heavy atom. The molecule has 0 spiro atoms. The second-order valence-electron chi connectivity index (χ2n) is 3.33. The maximum absolute atomic E-state index is 11.1. The summed E-state index contributed by atoms with van der Waals surface area (Å²) in [4.78, 5) is 15.1. The third-order valence-electron chi connectivity index (χ3n) is 2.18. The van der Waals surface area contributed by atoms with Crippen LogP contribution in [-0.2, 0) is 0 Å². The minimum absolute atomic E-state index is 0.113. The highest BCUT2D eigenvalue weighted by Gasteiger charge is 2.09. The van der Waals surface area contributed by atoms with Crippen molar-refractivity contribution in [1.82, 2.24) is 4.98 Å². The summed E-state index contributed by atoms with van der Waals surface area (Å²) in [5.74, 6) is 1.03. The van der Waals surface area contributed by atoms with E-state index in [9.17, 15) is 4.79 Å². The fraction of sp³-hybridized carbons (Fsp3) is 0.167. The van der Waals surface area contributed by atoms with E-state index in [1.165, 1.54) is 13.2 Å². The Bertz CT molecular complexity index is 516. The van der Waals surface area contributed by atoms with Gasteiger partial charge in [-0.3, -0.25) is 4.79 Å². The van der Waals surface area contributed by atoms with Gasteiger partial charge in [0.15, 0.2) is 5.78 Å². The molecule has 0 saturated carbocycles. The predicted molar refractivity (Wildman–Crippen MR) is 58.5 cm³/mol. The van der Waals surface area contributed by atoms with Crippen LogP contribution in [0.3, 0.4) is 0 Å². The van der Waals surface area contributed by atoms with E-state index in [-0.39, 0.29) is 5.78 Å².